The second-order valence-electron chi connectivity index (χ2n) is 6.09. The van der Waals surface area contributed by atoms with E-state index in [9.17, 15) is 9.59 Å². The van der Waals surface area contributed by atoms with Crippen LogP contribution in [0.2, 0.25) is 5.02 Å². The number of amides is 2. The lowest BCUT2D eigenvalue weighted by atomic mass is 10.1. The highest BCUT2D eigenvalue weighted by Gasteiger charge is 2.36. The summed E-state index contributed by atoms with van der Waals surface area (Å²) in [5.74, 6) is -0.149. The largest absolute Gasteiger partial charge is 0.312 e. The van der Waals surface area contributed by atoms with Crippen molar-refractivity contribution >= 4 is 45.6 Å². The first-order chi connectivity index (χ1) is 11.6. The molecule has 2 amide bonds. The monoisotopic (exact) mass is 362 g/mol. The molecule has 0 unspecified atom stereocenters. The summed E-state index contributed by atoms with van der Waals surface area (Å²) in [5.41, 5.74) is 0.717. The van der Waals surface area contributed by atoms with Gasteiger partial charge in [-0.3, -0.25) is 9.59 Å². The molecule has 1 aromatic carbocycles. The van der Waals surface area contributed by atoms with Gasteiger partial charge in [0.2, 0.25) is 16.9 Å². The minimum absolute atomic E-state index is 0.0756. The number of hydrogen-bond donors (Lipinski definition) is 1. The molecule has 1 atom stereocenters. The number of hydrogen-bond acceptors (Lipinski definition) is 5. The van der Waals surface area contributed by atoms with Crippen molar-refractivity contribution in [2.75, 3.05) is 16.8 Å². The molecule has 0 bridgehead atoms. The quantitative estimate of drug-likeness (QED) is 0.907. The molecule has 124 valence electrons. The smallest absolute Gasteiger partial charge is 0.231 e. The fourth-order valence-electron chi connectivity index (χ4n) is 2.76. The molecule has 8 heteroatoms. The Balaban J connectivity index is 1.42. The van der Waals surface area contributed by atoms with E-state index in [1.165, 1.54) is 11.3 Å². The second kappa shape index (κ2) is 6.14. The summed E-state index contributed by atoms with van der Waals surface area (Å²) in [6, 6.07) is 7.09. The number of aromatic nitrogens is 2. The topological polar surface area (TPSA) is 75.2 Å². The van der Waals surface area contributed by atoms with E-state index >= 15 is 0 Å². The van der Waals surface area contributed by atoms with E-state index in [4.69, 9.17) is 11.6 Å². The third-order valence-electron chi connectivity index (χ3n) is 4.21. The predicted molar refractivity (Wildman–Crippen MR) is 92.4 cm³/mol. The predicted octanol–water partition coefficient (Wildman–Crippen LogP) is 3.06. The minimum Gasteiger partial charge on any atom is -0.312 e. The number of carbonyl (C=O) groups excluding carboxylic acids is 2. The first kappa shape index (κ1) is 15.5. The van der Waals surface area contributed by atoms with E-state index in [-0.39, 0.29) is 18.2 Å². The Morgan fingerprint density at radius 3 is 2.92 bits per heavy atom. The normalized spacial score (nSPS) is 20.5. The van der Waals surface area contributed by atoms with E-state index in [1.54, 1.807) is 23.1 Å². The van der Waals surface area contributed by atoms with Gasteiger partial charge in [0.05, 0.1) is 5.92 Å². The van der Waals surface area contributed by atoms with Crippen LogP contribution >= 0.6 is 22.9 Å². The van der Waals surface area contributed by atoms with Crippen LogP contribution in [0.25, 0.3) is 0 Å². The first-order valence-corrected chi connectivity index (χ1v) is 9.00. The Morgan fingerprint density at radius 2 is 2.17 bits per heavy atom. The molecule has 1 aliphatic heterocycles. The van der Waals surface area contributed by atoms with Gasteiger partial charge in [0.25, 0.3) is 0 Å². The van der Waals surface area contributed by atoms with Crippen LogP contribution in [0.1, 0.15) is 30.2 Å². The highest BCUT2D eigenvalue weighted by atomic mass is 35.5. The lowest BCUT2D eigenvalue weighted by Gasteiger charge is -2.16. The number of rotatable bonds is 4. The average molecular weight is 363 g/mol. The van der Waals surface area contributed by atoms with Crippen molar-refractivity contribution < 1.29 is 9.59 Å². The molecule has 0 radical (unpaired) electrons. The molecule has 1 saturated heterocycles. The number of nitrogens with zero attached hydrogens (tertiary/aromatic N) is 3. The van der Waals surface area contributed by atoms with Crippen LogP contribution in [0.15, 0.2) is 24.3 Å². The summed E-state index contributed by atoms with van der Waals surface area (Å²) in [7, 11) is 0. The zero-order chi connectivity index (χ0) is 16.7. The van der Waals surface area contributed by atoms with Gasteiger partial charge < -0.3 is 10.2 Å². The zero-order valence-electron chi connectivity index (χ0n) is 12.7. The molecule has 2 fully saturated rings. The zero-order valence-corrected chi connectivity index (χ0v) is 14.3. The van der Waals surface area contributed by atoms with Gasteiger partial charge in [-0.1, -0.05) is 29.0 Å². The van der Waals surface area contributed by atoms with Crippen LogP contribution in [0, 0.1) is 5.92 Å². The standard InChI is InChI=1S/C16H15ClN4O2S/c17-11-2-1-3-12(7-11)21-8-10(6-13(21)22)14(23)18-16-20-19-15(24-16)9-4-5-9/h1-3,7,9-10H,4-6,8H2,(H,18,20,23)/t10-/m0/s1. The Kier molecular flexibility index (Phi) is 3.97. The van der Waals surface area contributed by atoms with Crippen molar-refractivity contribution in [2.45, 2.75) is 25.2 Å². The maximum Gasteiger partial charge on any atom is 0.231 e. The maximum absolute atomic E-state index is 12.4. The number of halogens is 1. The van der Waals surface area contributed by atoms with Crippen LogP contribution in [-0.2, 0) is 9.59 Å². The van der Waals surface area contributed by atoms with Gasteiger partial charge in [-0.05, 0) is 31.0 Å². The third kappa shape index (κ3) is 3.14. The van der Waals surface area contributed by atoms with Crippen molar-refractivity contribution in [3.63, 3.8) is 0 Å². The van der Waals surface area contributed by atoms with Crippen molar-refractivity contribution in [2.24, 2.45) is 5.92 Å². The van der Waals surface area contributed by atoms with E-state index in [0.717, 1.165) is 23.5 Å². The summed E-state index contributed by atoms with van der Waals surface area (Å²) in [5, 5.41) is 13.0. The van der Waals surface area contributed by atoms with Gasteiger partial charge >= 0.3 is 0 Å². The van der Waals surface area contributed by atoms with Crippen LogP contribution in [0.4, 0.5) is 10.8 Å². The Bertz CT molecular complexity index is 805. The molecule has 1 saturated carbocycles. The SMILES string of the molecule is O=C(Nc1nnc(C2CC2)s1)[C@H]1CC(=O)N(c2cccc(Cl)c2)C1. The fourth-order valence-corrected chi connectivity index (χ4v) is 3.86. The number of nitrogens with one attached hydrogen (secondary N) is 1. The number of anilines is 2. The van der Waals surface area contributed by atoms with Crippen LogP contribution in [0.3, 0.4) is 0 Å². The molecule has 24 heavy (non-hydrogen) atoms. The van der Waals surface area contributed by atoms with E-state index < -0.39 is 5.92 Å². The molecule has 1 aromatic heterocycles. The second-order valence-corrected chi connectivity index (χ2v) is 7.54. The molecule has 6 nitrogen and oxygen atoms in total. The molecular formula is C16H15ClN4O2S. The molecule has 2 heterocycles. The summed E-state index contributed by atoms with van der Waals surface area (Å²) in [4.78, 5) is 26.3. The molecule has 2 aliphatic rings. The van der Waals surface area contributed by atoms with Gasteiger partial charge in [0, 0.05) is 29.6 Å². The molecule has 0 spiro atoms. The molecule has 1 aliphatic carbocycles. The van der Waals surface area contributed by atoms with Crippen molar-refractivity contribution in [3.8, 4) is 0 Å². The number of benzene rings is 1. The summed E-state index contributed by atoms with van der Waals surface area (Å²) in [6.07, 6.45) is 2.48. The van der Waals surface area contributed by atoms with Crippen LogP contribution in [0.5, 0.6) is 0 Å². The van der Waals surface area contributed by atoms with Gasteiger partial charge in [0.1, 0.15) is 5.01 Å². The lowest BCUT2D eigenvalue weighted by Crippen LogP contribution is -2.28. The van der Waals surface area contributed by atoms with Crippen molar-refractivity contribution in [3.05, 3.63) is 34.3 Å². The molecular weight excluding hydrogens is 348 g/mol. The average Bonchev–Trinajstić information content (AvgIpc) is 3.18. The Labute approximate surface area is 147 Å². The van der Waals surface area contributed by atoms with Crippen molar-refractivity contribution in [1.82, 2.24) is 10.2 Å². The summed E-state index contributed by atoms with van der Waals surface area (Å²) < 4.78 is 0. The first-order valence-electron chi connectivity index (χ1n) is 7.80. The fraction of sp³-hybridized carbons (Fsp3) is 0.375. The van der Waals surface area contributed by atoms with Gasteiger partial charge in [0.15, 0.2) is 0 Å². The lowest BCUT2D eigenvalue weighted by molar-refractivity contribution is -0.122. The molecule has 1 N–H and O–H groups in total. The van der Waals surface area contributed by atoms with E-state index in [1.807, 2.05) is 6.07 Å². The van der Waals surface area contributed by atoms with E-state index in [2.05, 4.69) is 15.5 Å². The van der Waals surface area contributed by atoms with Gasteiger partial charge in [-0.15, -0.1) is 10.2 Å². The van der Waals surface area contributed by atoms with Gasteiger partial charge in [-0.25, -0.2) is 0 Å². The minimum atomic E-state index is -0.398. The Morgan fingerprint density at radius 1 is 1.33 bits per heavy atom. The van der Waals surface area contributed by atoms with Gasteiger partial charge in [-0.2, -0.15) is 0 Å². The van der Waals surface area contributed by atoms with Crippen molar-refractivity contribution in [1.29, 1.82) is 0 Å². The maximum atomic E-state index is 12.4. The Hall–Kier alpha value is -1.99. The van der Waals surface area contributed by atoms with E-state index in [0.29, 0.717) is 22.6 Å². The molecule has 4 rings (SSSR count). The third-order valence-corrected chi connectivity index (χ3v) is 5.45. The van der Waals surface area contributed by atoms with Crippen LogP contribution < -0.4 is 10.2 Å². The highest BCUT2D eigenvalue weighted by molar-refractivity contribution is 7.15. The molecule has 2 aromatic rings. The summed E-state index contributed by atoms with van der Waals surface area (Å²) in [6.45, 7) is 0.347. The highest BCUT2D eigenvalue weighted by Crippen LogP contribution is 2.42. The summed E-state index contributed by atoms with van der Waals surface area (Å²) >= 11 is 7.40. The van der Waals surface area contributed by atoms with Crippen LogP contribution in [-0.4, -0.2) is 28.6 Å². The number of carbonyl (C=O) groups is 2.